The third kappa shape index (κ3) is 3.93. The minimum absolute atomic E-state index is 0.210. The summed E-state index contributed by atoms with van der Waals surface area (Å²) in [6.07, 6.45) is 0.930. The van der Waals surface area contributed by atoms with Crippen LogP contribution in [0.3, 0.4) is 0 Å². The van der Waals surface area contributed by atoms with Gasteiger partial charge < -0.3 is 9.80 Å². The third-order valence-corrected chi connectivity index (χ3v) is 7.41. The fourth-order valence-corrected chi connectivity index (χ4v) is 5.68. The van der Waals surface area contributed by atoms with E-state index in [-0.39, 0.29) is 11.1 Å². The van der Waals surface area contributed by atoms with Crippen molar-refractivity contribution >= 4 is 44.7 Å². The number of fused-ring (bicyclic) bond motifs is 1. The highest BCUT2D eigenvalue weighted by molar-refractivity contribution is 7.19. The van der Waals surface area contributed by atoms with Crippen molar-refractivity contribution < 1.29 is 4.39 Å². The molecule has 1 aliphatic rings. The number of hydrogen-bond donors (Lipinski definition) is 0. The van der Waals surface area contributed by atoms with Crippen LogP contribution < -0.4 is 9.80 Å². The molecule has 4 aromatic rings. The molecule has 1 fully saturated rings. The SMILES string of the molecule is CCc1sc2nc(Cl)nc(N3CCN(c4ccc(F)cc4)CC3)c2c1-c1ccc(C)cc1. The van der Waals surface area contributed by atoms with Crippen LogP contribution in [0, 0.1) is 12.7 Å². The van der Waals surface area contributed by atoms with E-state index in [2.05, 4.69) is 52.9 Å². The first-order valence-corrected chi connectivity index (χ1v) is 12.0. The van der Waals surface area contributed by atoms with E-state index in [4.69, 9.17) is 16.6 Å². The zero-order valence-corrected chi connectivity index (χ0v) is 19.7. The minimum Gasteiger partial charge on any atom is -0.368 e. The van der Waals surface area contributed by atoms with Gasteiger partial charge in [0.25, 0.3) is 0 Å². The maximum Gasteiger partial charge on any atom is 0.225 e. The average Bonchev–Trinajstić information content (AvgIpc) is 3.18. The lowest BCUT2D eigenvalue weighted by molar-refractivity contribution is 0.624. The van der Waals surface area contributed by atoms with Gasteiger partial charge >= 0.3 is 0 Å². The van der Waals surface area contributed by atoms with E-state index in [9.17, 15) is 4.39 Å². The number of benzene rings is 2. The fourth-order valence-electron chi connectivity index (χ4n) is 4.34. The van der Waals surface area contributed by atoms with Gasteiger partial charge in [-0.1, -0.05) is 36.8 Å². The number of aromatic nitrogens is 2. The second kappa shape index (κ2) is 8.68. The summed E-state index contributed by atoms with van der Waals surface area (Å²) in [6, 6.07) is 15.4. The molecule has 1 saturated heterocycles. The average molecular weight is 467 g/mol. The molecule has 0 radical (unpaired) electrons. The molecule has 3 heterocycles. The van der Waals surface area contributed by atoms with Crippen molar-refractivity contribution in [3.05, 3.63) is 70.1 Å². The Kier molecular flexibility index (Phi) is 5.74. The van der Waals surface area contributed by atoms with Gasteiger partial charge in [0.2, 0.25) is 5.28 Å². The Morgan fingerprint density at radius 2 is 1.59 bits per heavy atom. The summed E-state index contributed by atoms with van der Waals surface area (Å²) in [5, 5.41) is 1.38. The molecule has 0 unspecified atom stereocenters. The van der Waals surface area contributed by atoms with Gasteiger partial charge in [-0.25, -0.2) is 9.37 Å². The summed E-state index contributed by atoms with van der Waals surface area (Å²) in [4.78, 5) is 16.1. The van der Waals surface area contributed by atoms with Crippen molar-refractivity contribution in [2.24, 2.45) is 0 Å². The summed E-state index contributed by atoms with van der Waals surface area (Å²) >= 11 is 8.07. The number of thiophene rings is 1. The molecule has 7 heteroatoms. The van der Waals surface area contributed by atoms with Gasteiger partial charge in [-0.3, -0.25) is 0 Å². The molecule has 0 N–H and O–H groups in total. The monoisotopic (exact) mass is 466 g/mol. The summed E-state index contributed by atoms with van der Waals surface area (Å²) in [5.41, 5.74) is 4.69. The summed E-state index contributed by atoms with van der Waals surface area (Å²) in [7, 11) is 0. The number of nitrogens with zero attached hydrogens (tertiary/aromatic N) is 4. The molecule has 0 bridgehead atoms. The maximum absolute atomic E-state index is 13.3. The van der Waals surface area contributed by atoms with E-state index in [1.165, 1.54) is 33.7 Å². The van der Waals surface area contributed by atoms with Gasteiger partial charge in [-0.15, -0.1) is 11.3 Å². The second-order valence-corrected chi connectivity index (χ2v) is 9.49. The Labute approximate surface area is 196 Å². The largest absolute Gasteiger partial charge is 0.368 e. The number of piperazine rings is 1. The molecule has 0 spiro atoms. The minimum atomic E-state index is -0.210. The Morgan fingerprint density at radius 1 is 0.938 bits per heavy atom. The zero-order valence-electron chi connectivity index (χ0n) is 18.1. The number of rotatable bonds is 4. The Bertz CT molecular complexity index is 1250. The van der Waals surface area contributed by atoms with E-state index in [0.717, 1.165) is 54.3 Å². The van der Waals surface area contributed by atoms with Crippen LogP contribution >= 0.6 is 22.9 Å². The van der Waals surface area contributed by atoms with Crippen LogP contribution in [-0.2, 0) is 6.42 Å². The van der Waals surface area contributed by atoms with Gasteiger partial charge in [0, 0.05) is 42.3 Å². The predicted molar refractivity (Wildman–Crippen MR) is 133 cm³/mol. The number of hydrogen-bond acceptors (Lipinski definition) is 5. The Balaban J connectivity index is 1.53. The second-order valence-electron chi connectivity index (χ2n) is 8.07. The summed E-state index contributed by atoms with van der Waals surface area (Å²) in [6.45, 7) is 7.57. The highest BCUT2D eigenvalue weighted by Crippen LogP contribution is 2.43. The van der Waals surface area contributed by atoms with Gasteiger partial charge in [-0.05, 0) is 54.8 Å². The molecule has 32 heavy (non-hydrogen) atoms. The molecule has 0 amide bonds. The van der Waals surface area contributed by atoms with Crippen LogP contribution in [0.1, 0.15) is 17.4 Å². The molecular weight excluding hydrogens is 443 g/mol. The van der Waals surface area contributed by atoms with Crippen molar-refractivity contribution in [3.8, 4) is 11.1 Å². The Hall–Kier alpha value is -2.70. The molecule has 0 atom stereocenters. The molecule has 0 aliphatic carbocycles. The van der Waals surface area contributed by atoms with E-state index in [0.29, 0.717) is 0 Å². The molecule has 0 saturated carbocycles. The van der Waals surface area contributed by atoms with Crippen LogP contribution in [0.2, 0.25) is 5.28 Å². The fraction of sp³-hybridized carbons (Fsp3) is 0.280. The van der Waals surface area contributed by atoms with Gasteiger partial charge in [0.15, 0.2) is 0 Å². The van der Waals surface area contributed by atoms with E-state index < -0.39 is 0 Å². The third-order valence-electron chi connectivity index (χ3n) is 6.01. The maximum atomic E-state index is 13.3. The molecule has 2 aromatic carbocycles. The van der Waals surface area contributed by atoms with Gasteiger partial charge in [0.05, 0.1) is 5.39 Å². The highest BCUT2D eigenvalue weighted by Gasteiger charge is 2.25. The summed E-state index contributed by atoms with van der Waals surface area (Å²) < 4.78 is 13.3. The lowest BCUT2D eigenvalue weighted by Crippen LogP contribution is -2.47. The van der Waals surface area contributed by atoms with Crippen LogP contribution in [-0.4, -0.2) is 36.1 Å². The lowest BCUT2D eigenvalue weighted by Gasteiger charge is -2.37. The molecule has 4 nitrogen and oxygen atoms in total. The van der Waals surface area contributed by atoms with Crippen molar-refractivity contribution in [1.82, 2.24) is 9.97 Å². The van der Waals surface area contributed by atoms with Crippen LogP contribution in [0.4, 0.5) is 15.9 Å². The number of halogens is 2. The topological polar surface area (TPSA) is 32.3 Å². The first-order valence-electron chi connectivity index (χ1n) is 10.8. The predicted octanol–water partition coefficient (Wildman–Crippen LogP) is 6.35. The van der Waals surface area contributed by atoms with Gasteiger partial charge in [0.1, 0.15) is 16.5 Å². The smallest absolute Gasteiger partial charge is 0.225 e. The Morgan fingerprint density at radius 3 is 2.25 bits per heavy atom. The standard InChI is InChI=1S/C25H24ClFN4S/c1-3-20-21(17-6-4-16(2)5-7-17)22-23(28-25(26)29-24(22)32-20)31-14-12-30(13-15-31)19-10-8-18(27)9-11-19/h4-11H,3,12-15H2,1-2H3. The van der Waals surface area contributed by atoms with Crippen molar-refractivity contribution in [2.75, 3.05) is 36.0 Å². The quantitative estimate of drug-likeness (QED) is 0.328. The molecule has 2 aromatic heterocycles. The van der Waals surface area contributed by atoms with Crippen LogP contribution in [0.15, 0.2) is 48.5 Å². The van der Waals surface area contributed by atoms with E-state index >= 15 is 0 Å². The zero-order chi connectivity index (χ0) is 22.2. The van der Waals surface area contributed by atoms with Crippen molar-refractivity contribution in [3.63, 3.8) is 0 Å². The van der Waals surface area contributed by atoms with Crippen molar-refractivity contribution in [2.45, 2.75) is 20.3 Å². The van der Waals surface area contributed by atoms with Crippen LogP contribution in [0.5, 0.6) is 0 Å². The first-order chi connectivity index (χ1) is 15.5. The number of anilines is 2. The summed E-state index contributed by atoms with van der Waals surface area (Å²) in [5.74, 6) is 0.698. The normalized spacial score (nSPS) is 14.4. The number of aryl methyl sites for hydroxylation is 2. The van der Waals surface area contributed by atoms with Crippen LogP contribution in [0.25, 0.3) is 21.3 Å². The van der Waals surface area contributed by atoms with E-state index in [1.54, 1.807) is 11.3 Å². The first kappa shape index (κ1) is 21.2. The highest BCUT2D eigenvalue weighted by atomic mass is 35.5. The lowest BCUT2D eigenvalue weighted by atomic mass is 10.0. The molecular formula is C25H24ClFN4S. The molecule has 5 rings (SSSR count). The van der Waals surface area contributed by atoms with Crippen molar-refractivity contribution in [1.29, 1.82) is 0 Å². The molecule has 164 valence electrons. The molecule has 1 aliphatic heterocycles. The van der Waals surface area contributed by atoms with Gasteiger partial charge in [-0.2, -0.15) is 4.98 Å². The van der Waals surface area contributed by atoms with E-state index in [1.807, 2.05) is 12.1 Å².